The molecule has 28 heavy (non-hydrogen) atoms. The van der Waals surface area contributed by atoms with Crippen LogP contribution in [0, 0.1) is 0 Å². The van der Waals surface area contributed by atoms with Crippen molar-refractivity contribution in [2.24, 2.45) is 0 Å². The molecule has 0 unspecified atom stereocenters. The molecule has 3 aromatic rings. The van der Waals surface area contributed by atoms with Crippen molar-refractivity contribution >= 4 is 40.7 Å². The van der Waals surface area contributed by atoms with Gasteiger partial charge in [-0.05, 0) is 48.5 Å². The number of benzene rings is 2. The third kappa shape index (κ3) is 5.52. The van der Waals surface area contributed by atoms with Gasteiger partial charge in [0.15, 0.2) is 5.76 Å². The summed E-state index contributed by atoms with van der Waals surface area (Å²) in [4.78, 5) is 24.1. The SMILES string of the molecule is O=C(CNC(=O)c1ccc(COc2ccc(Cl)cc2)o1)Nc1ccccc1Cl. The Morgan fingerprint density at radius 1 is 0.964 bits per heavy atom. The molecule has 0 saturated heterocycles. The van der Waals surface area contributed by atoms with E-state index in [4.69, 9.17) is 32.4 Å². The van der Waals surface area contributed by atoms with E-state index in [-0.39, 0.29) is 18.9 Å². The molecule has 0 aliphatic rings. The van der Waals surface area contributed by atoms with Crippen molar-refractivity contribution in [3.8, 4) is 5.75 Å². The zero-order valence-corrected chi connectivity index (χ0v) is 16.1. The van der Waals surface area contributed by atoms with Gasteiger partial charge in [-0.15, -0.1) is 0 Å². The Morgan fingerprint density at radius 2 is 1.71 bits per heavy atom. The van der Waals surface area contributed by atoms with Gasteiger partial charge in [0.05, 0.1) is 17.3 Å². The van der Waals surface area contributed by atoms with Crippen LogP contribution < -0.4 is 15.4 Å². The predicted octanol–water partition coefficient (Wildman–Crippen LogP) is 4.53. The maximum absolute atomic E-state index is 12.1. The van der Waals surface area contributed by atoms with Gasteiger partial charge in [-0.1, -0.05) is 35.3 Å². The van der Waals surface area contributed by atoms with Crippen LogP contribution in [0.2, 0.25) is 10.0 Å². The van der Waals surface area contributed by atoms with E-state index in [1.54, 1.807) is 54.6 Å². The zero-order chi connectivity index (χ0) is 19.9. The first-order valence-electron chi connectivity index (χ1n) is 8.31. The third-order valence-corrected chi connectivity index (χ3v) is 4.22. The summed E-state index contributed by atoms with van der Waals surface area (Å²) in [6.07, 6.45) is 0. The number of para-hydroxylation sites is 1. The summed E-state index contributed by atoms with van der Waals surface area (Å²) in [5.74, 6) is 0.273. The fraction of sp³-hybridized carbons (Fsp3) is 0.100. The van der Waals surface area contributed by atoms with Gasteiger partial charge in [-0.25, -0.2) is 0 Å². The molecule has 1 heterocycles. The van der Waals surface area contributed by atoms with E-state index < -0.39 is 11.8 Å². The second kappa shape index (κ2) is 9.30. The van der Waals surface area contributed by atoms with Gasteiger partial charge in [-0.3, -0.25) is 9.59 Å². The maximum atomic E-state index is 12.1. The minimum Gasteiger partial charge on any atom is -0.486 e. The first kappa shape index (κ1) is 19.8. The molecule has 2 aromatic carbocycles. The predicted molar refractivity (Wildman–Crippen MR) is 107 cm³/mol. The number of amides is 2. The highest BCUT2D eigenvalue weighted by Gasteiger charge is 2.13. The Morgan fingerprint density at radius 3 is 2.46 bits per heavy atom. The molecule has 2 amide bonds. The summed E-state index contributed by atoms with van der Waals surface area (Å²) >= 11 is 11.8. The molecule has 8 heteroatoms. The molecule has 0 saturated carbocycles. The van der Waals surface area contributed by atoms with Gasteiger partial charge in [0, 0.05) is 5.02 Å². The summed E-state index contributed by atoms with van der Waals surface area (Å²) in [5.41, 5.74) is 0.475. The topological polar surface area (TPSA) is 80.6 Å². The van der Waals surface area contributed by atoms with Crippen molar-refractivity contribution in [1.82, 2.24) is 5.32 Å². The number of halogens is 2. The van der Waals surface area contributed by atoms with E-state index in [0.717, 1.165) is 0 Å². The summed E-state index contributed by atoms with van der Waals surface area (Å²) in [6, 6.07) is 16.9. The average Bonchev–Trinajstić information content (AvgIpc) is 3.17. The fourth-order valence-electron chi connectivity index (χ4n) is 2.27. The van der Waals surface area contributed by atoms with Crippen molar-refractivity contribution in [2.75, 3.05) is 11.9 Å². The van der Waals surface area contributed by atoms with Crippen LogP contribution in [0.5, 0.6) is 5.75 Å². The number of anilines is 1. The number of furan rings is 1. The van der Waals surface area contributed by atoms with Gasteiger partial charge in [0.25, 0.3) is 5.91 Å². The number of carbonyl (C=O) groups excluding carboxylic acids is 2. The van der Waals surface area contributed by atoms with Gasteiger partial charge >= 0.3 is 0 Å². The Bertz CT molecular complexity index is 970. The lowest BCUT2D eigenvalue weighted by atomic mass is 10.3. The molecule has 0 aliphatic heterocycles. The smallest absolute Gasteiger partial charge is 0.287 e. The van der Waals surface area contributed by atoms with Crippen LogP contribution in [0.3, 0.4) is 0 Å². The molecule has 3 rings (SSSR count). The fourth-order valence-corrected chi connectivity index (χ4v) is 2.58. The van der Waals surface area contributed by atoms with Crippen LogP contribution in [0.25, 0.3) is 0 Å². The van der Waals surface area contributed by atoms with Crippen molar-refractivity contribution in [3.05, 3.63) is 82.2 Å². The minimum atomic E-state index is -0.507. The van der Waals surface area contributed by atoms with E-state index in [0.29, 0.717) is 27.2 Å². The van der Waals surface area contributed by atoms with E-state index >= 15 is 0 Å². The highest BCUT2D eigenvalue weighted by atomic mass is 35.5. The van der Waals surface area contributed by atoms with Gasteiger partial charge < -0.3 is 19.8 Å². The Labute approximate surface area is 171 Å². The average molecular weight is 419 g/mol. The van der Waals surface area contributed by atoms with Crippen molar-refractivity contribution in [1.29, 1.82) is 0 Å². The number of ether oxygens (including phenoxy) is 1. The minimum absolute atomic E-state index is 0.0836. The van der Waals surface area contributed by atoms with Crippen LogP contribution in [0.15, 0.2) is 65.1 Å². The summed E-state index contributed by atoms with van der Waals surface area (Å²) < 4.78 is 11.0. The number of hydrogen-bond donors (Lipinski definition) is 2. The number of hydrogen-bond acceptors (Lipinski definition) is 4. The molecular formula is C20H16Cl2N2O4. The molecule has 144 valence electrons. The standard InChI is InChI=1S/C20H16Cl2N2O4/c21-13-5-7-14(8-6-13)27-12-15-9-10-18(28-15)20(26)23-11-19(25)24-17-4-2-1-3-16(17)22/h1-10H,11-12H2,(H,23,26)(H,24,25). The monoisotopic (exact) mass is 418 g/mol. The Balaban J connectivity index is 1.47. The maximum Gasteiger partial charge on any atom is 0.287 e. The second-order valence-corrected chi connectivity index (χ2v) is 6.56. The van der Waals surface area contributed by atoms with Crippen LogP contribution >= 0.6 is 23.2 Å². The Kier molecular flexibility index (Phi) is 6.57. The normalized spacial score (nSPS) is 10.4. The molecule has 0 spiro atoms. The van der Waals surface area contributed by atoms with E-state index in [2.05, 4.69) is 10.6 Å². The van der Waals surface area contributed by atoms with Crippen LogP contribution in [0.1, 0.15) is 16.3 Å². The largest absolute Gasteiger partial charge is 0.486 e. The van der Waals surface area contributed by atoms with E-state index in [1.165, 1.54) is 6.07 Å². The molecule has 0 radical (unpaired) electrons. The molecule has 6 nitrogen and oxygen atoms in total. The summed E-state index contributed by atoms with van der Waals surface area (Å²) in [5, 5.41) is 6.14. The number of nitrogens with one attached hydrogen (secondary N) is 2. The van der Waals surface area contributed by atoms with Crippen molar-refractivity contribution in [3.63, 3.8) is 0 Å². The van der Waals surface area contributed by atoms with Crippen molar-refractivity contribution < 1.29 is 18.7 Å². The highest BCUT2D eigenvalue weighted by Crippen LogP contribution is 2.20. The third-order valence-electron chi connectivity index (χ3n) is 3.64. The van der Waals surface area contributed by atoms with Crippen molar-refractivity contribution in [2.45, 2.75) is 6.61 Å². The van der Waals surface area contributed by atoms with E-state index in [9.17, 15) is 9.59 Å². The van der Waals surface area contributed by atoms with E-state index in [1.807, 2.05) is 0 Å². The zero-order valence-electron chi connectivity index (χ0n) is 14.6. The second-order valence-electron chi connectivity index (χ2n) is 5.72. The lowest BCUT2D eigenvalue weighted by Crippen LogP contribution is -2.32. The Hall–Kier alpha value is -2.96. The first-order valence-corrected chi connectivity index (χ1v) is 9.06. The van der Waals surface area contributed by atoms with Crippen LogP contribution in [0.4, 0.5) is 5.69 Å². The summed E-state index contributed by atoms with van der Waals surface area (Å²) in [7, 11) is 0. The molecular weight excluding hydrogens is 403 g/mol. The summed E-state index contributed by atoms with van der Waals surface area (Å²) in [6.45, 7) is -0.0662. The molecule has 0 atom stereocenters. The molecule has 0 aliphatic carbocycles. The first-order chi connectivity index (χ1) is 13.5. The molecule has 0 fully saturated rings. The van der Waals surface area contributed by atoms with Crippen LogP contribution in [-0.4, -0.2) is 18.4 Å². The molecule has 2 N–H and O–H groups in total. The van der Waals surface area contributed by atoms with Gasteiger partial charge in [0.1, 0.15) is 18.1 Å². The molecule has 1 aromatic heterocycles. The van der Waals surface area contributed by atoms with Gasteiger partial charge in [0.2, 0.25) is 5.91 Å². The highest BCUT2D eigenvalue weighted by molar-refractivity contribution is 6.33. The van der Waals surface area contributed by atoms with Gasteiger partial charge in [-0.2, -0.15) is 0 Å². The lowest BCUT2D eigenvalue weighted by Gasteiger charge is -2.07. The van der Waals surface area contributed by atoms with Crippen LogP contribution in [-0.2, 0) is 11.4 Å². The number of rotatable bonds is 7. The molecule has 0 bridgehead atoms. The quantitative estimate of drug-likeness (QED) is 0.590. The number of carbonyl (C=O) groups is 2. The lowest BCUT2D eigenvalue weighted by molar-refractivity contribution is -0.115.